The van der Waals surface area contributed by atoms with Crippen LogP contribution in [0, 0.1) is 17.3 Å². The molecule has 168 valence electrons. The number of hydrogen-bond donors (Lipinski definition) is 2. The monoisotopic (exact) mass is 445 g/mol. The molecule has 30 heavy (non-hydrogen) atoms. The standard InChI is InChI=1S/C17H19F8N5/c1-4-15(18,19)14(7-8-14)6-5-11-28-12(26-9(2)16(20,21)22)30-13(29-11)27-10(3)17(23,24)25/h9-10H,4,7-8H2,1-3H3,(H2,26,27,28,29,30)/t9-,10-/m1/s1. The smallest absolute Gasteiger partial charge is 0.343 e. The third-order valence-electron chi connectivity index (χ3n) is 4.62. The van der Waals surface area contributed by atoms with Crippen LogP contribution >= 0.6 is 0 Å². The predicted molar refractivity (Wildman–Crippen MR) is 91.9 cm³/mol. The Bertz CT molecular complexity index is 780. The Morgan fingerprint density at radius 3 is 1.63 bits per heavy atom. The van der Waals surface area contributed by atoms with Gasteiger partial charge in [0.15, 0.2) is 0 Å². The second kappa shape index (κ2) is 8.03. The minimum absolute atomic E-state index is 0.109. The Hall–Kier alpha value is -2.39. The van der Waals surface area contributed by atoms with E-state index in [-0.39, 0.29) is 12.8 Å². The molecule has 2 atom stereocenters. The summed E-state index contributed by atoms with van der Waals surface area (Å²) in [6, 6.07) is -4.26. The molecule has 1 aromatic heterocycles. The summed E-state index contributed by atoms with van der Waals surface area (Å²) in [6.07, 6.45) is -9.62. The van der Waals surface area contributed by atoms with E-state index in [9.17, 15) is 35.1 Å². The number of anilines is 2. The lowest BCUT2D eigenvalue weighted by molar-refractivity contribution is -0.139. The van der Waals surface area contributed by atoms with Gasteiger partial charge >= 0.3 is 12.4 Å². The molecule has 1 aliphatic rings. The van der Waals surface area contributed by atoms with Crippen LogP contribution in [0.15, 0.2) is 0 Å². The second-order valence-electron chi connectivity index (χ2n) is 7.01. The van der Waals surface area contributed by atoms with Crippen molar-refractivity contribution in [3.8, 4) is 11.8 Å². The quantitative estimate of drug-likeness (QED) is 0.488. The number of alkyl halides is 8. The summed E-state index contributed by atoms with van der Waals surface area (Å²) < 4.78 is 105. The van der Waals surface area contributed by atoms with E-state index in [0.29, 0.717) is 0 Å². The number of nitrogens with one attached hydrogen (secondary N) is 2. The minimum atomic E-state index is -4.69. The van der Waals surface area contributed by atoms with Gasteiger partial charge in [-0.3, -0.25) is 0 Å². The first-order chi connectivity index (χ1) is 13.6. The zero-order valence-corrected chi connectivity index (χ0v) is 16.1. The first kappa shape index (κ1) is 23.9. The maximum Gasteiger partial charge on any atom is 0.408 e. The Morgan fingerprint density at radius 2 is 1.30 bits per heavy atom. The van der Waals surface area contributed by atoms with E-state index in [1.54, 1.807) is 0 Å². The van der Waals surface area contributed by atoms with Crippen LogP contribution in [0.1, 0.15) is 45.9 Å². The van der Waals surface area contributed by atoms with Gasteiger partial charge in [0.05, 0.1) is 5.41 Å². The van der Waals surface area contributed by atoms with Gasteiger partial charge < -0.3 is 10.6 Å². The zero-order valence-electron chi connectivity index (χ0n) is 16.1. The van der Waals surface area contributed by atoms with Crippen LogP contribution in [0.2, 0.25) is 0 Å². The predicted octanol–water partition coefficient (Wildman–Crippen LogP) is 4.77. The van der Waals surface area contributed by atoms with Crippen molar-refractivity contribution >= 4 is 11.9 Å². The summed E-state index contributed by atoms with van der Waals surface area (Å²) in [5, 5.41) is 3.81. The molecule has 0 aromatic carbocycles. The van der Waals surface area contributed by atoms with Gasteiger partial charge in [-0.25, -0.2) is 8.78 Å². The van der Waals surface area contributed by atoms with E-state index >= 15 is 0 Å². The molecule has 0 unspecified atom stereocenters. The fourth-order valence-electron chi connectivity index (χ4n) is 2.33. The molecule has 2 N–H and O–H groups in total. The van der Waals surface area contributed by atoms with E-state index in [0.717, 1.165) is 13.8 Å². The zero-order chi connectivity index (χ0) is 23.0. The van der Waals surface area contributed by atoms with Gasteiger partial charge in [-0.1, -0.05) is 12.8 Å². The third kappa shape index (κ3) is 5.60. The maximum absolute atomic E-state index is 14.0. The third-order valence-corrected chi connectivity index (χ3v) is 4.62. The van der Waals surface area contributed by atoms with Crippen molar-refractivity contribution in [1.82, 2.24) is 15.0 Å². The van der Waals surface area contributed by atoms with Crippen LogP contribution in [0.3, 0.4) is 0 Å². The van der Waals surface area contributed by atoms with Crippen LogP contribution in [0.5, 0.6) is 0 Å². The average Bonchev–Trinajstić information content (AvgIpc) is 3.40. The molecule has 1 aromatic rings. The molecule has 0 saturated heterocycles. The maximum atomic E-state index is 14.0. The Balaban J connectivity index is 2.39. The number of aromatic nitrogens is 3. The fraction of sp³-hybridized carbons (Fsp3) is 0.706. The van der Waals surface area contributed by atoms with E-state index < -0.39 is 59.9 Å². The summed E-state index contributed by atoms with van der Waals surface area (Å²) in [4.78, 5) is 10.7. The highest BCUT2D eigenvalue weighted by molar-refractivity contribution is 5.41. The molecule has 1 saturated carbocycles. The van der Waals surface area contributed by atoms with Gasteiger partial charge in [0.1, 0.15) is 12.1 Å². The second-order valence-corrected chi connectivity index (χ2v) is 7.01. The van der Waals surface area contributed by atoms with Crippen LogP contribution in [0.4, 0.5) is 47.0 Å². The number of halogens is 8. The summed E-state index contributed by atoms with van der Waals surface area (Å²) in [5.41, 5.74) is -1.60. The SMILES string of the molecule is CCC(F)(F)C1(C#Cc2nc(N[C@H](C)C(F)(F)F)nc(N[C@H](C)C(F)(F)F)n2)CC1. The van der Waals surface area contributed by atoms with Crippen molar-refractivity contribution < 1.29 is 35.1 Å². The summed E-state index contributed by atoms with van der Waals surface area (Å²) >= 11 is 0. The van der Waals surface area contributed by atoms with Crippen molar-refractivity contribution in [3.63, 3.8) is 0 Å². The summed E-state index contributed by atoms with van der Waals surface area (Å²) in [7, 11) is 0. The fourth-order valence-corrected chi connectivity index (χ4v) is 2.33. The molecule has 0 spiro atoms. The van der Waals surface area contributed by atoms with Crippen LogP contribution in [0.25, 0.3) is 0 Å². The van der Waals surface area contributed by atoms with Crippen molar-refractivity contribution in [2.75, 3.05) is 10.6 Å². The van der Waals surface area contributed by atoms with Crippen LogP contribution in [-0.2, 0) is 0 Å². The topological polar surface area (TPSA) is 62.7 Å². The van der Waals surface area contributed by atoms with Gasteiger partial charge in [0.2, 0.25) is 17.7 Å². The Morgan fingerprint density at radius 1 is 0.867 bits per heavy atom. The lowest BCUT2D eigenvalue weighted by atomic mass is 9.96. The first-order valence-electron chi connectivity index (χ1n) is 8.93. The van der Waals surface area contributed by atoms with Crippen molar-refractivity contribution in [3.05, 3.63) is 5.82 Å². The molecule has 1 aliphatic carbocycles. The highest BCUT2D eigenvalue weighted by Gasteiger charge is 2.60. The number of rotatable bonds is 6. The lowest BCUT2D eigenvalue weighted by Crippen LogP contribution is -2.35. The van der Waals surface area contributed by atoms with Crippen LogP contribution in [-0.4, -0.2) is 45.3 Å². The lowest BCUT2D eigenvalue weighted by Gasteiger charge is -2.20. The molecule has 0 aliphatic heterocycles. The molecular weight excluding hydrogens is 426 g/mol. The van der Waals surface area contributed by atoms with Crippen molar-refractivity contribution in [2.24, 2.45) is 5.41 Å². The molecule has 5 nitrogen and oxygen atoms in total. The number of nitrogens with zero attached hydrogens (tertiary/aromatic N) is 3. The number of hydrogen-bond acceptors (Lipinski definition) is 5. The first-order valence-corrected chi connectivity index (χ1v) is 8.93. The van der Waals surface area contributed by atoms with E-state index in [1.165, 1.54) is 6.92 Å². The normalized spacial score (nSPS) is 18.1. The Labute approximate surface area is 167 Å². The van der Waals surface area contributed by atoms with E-state index in [1.807, 2.05) is 10.6 Å². The highest BCUT2D eigenvalue weighted by Crippen LogP contribution is 2.57. The largest absolute Gasteiger partial charge is 0.408 e. The van der Waals surface area contributed by atoms with E-state index in [4.69, 9.17) is 0 Å². The molecule has 0 amide bonds. The molecule has 0 bridgehead atoms. The molecule has 1 fully saturated rings. The summed E-state index contributed by atoms with van der Waals surface area (Å²) in [6.45, 7) is 2.79. The molecule has 2 rings (SSSR count). The molecule has 0 radical (unpaired) electrons. The molecule has 1 heterocycles. The van der Waals surface area contributed by atoms with Gasteiger partial charge in [0.25, 0.3) is 5.92 Å². The van der Waals surface area contributed by atoms with Gasteiger partial charge in [0, 0.05) is 6.42 Å². The minimum Gasteiger partial charge on any atom is -0.343 e. The van der Waals surface area contributed by atoms with Crippen molar-refractivity contribution in [2.45, 2.75) is 70.4 Å². The van der Waals surface area contributed by atoms with Gasteiger partial charge in [-0.2, -0.15) is 41.3 Å². The van der Waals surface area contributed by atoms with Crippen LogP contribution < -0.4 is 10.6 Å². The van der Waals surface area contributed by atoms with E-state index in [2.05, 4.69) is 26.8 Å². The molecule has 13 heteroatoms. The van der Waals surface area contributed by atoms with Gasteiger partial charge in [-0.15, -0.1) is 0 Å². The highest BCUT2D eigenvalue weighted by atomic mass is 19.4. The average molecular weight is 445 g/mol. The van der Waals surface area contributed by atoms with Crippen molar-refractivity contribution in [1.29, 1.82) is 0 Å². The Kier molecular flexibility index (Phi) is 6.40. The molecular formula is C17H19F8N5. The van der Waals surface area contributed by atoms with Gasteiger partial charge in [-0.05, 0) is 32.6 Å². The summed E-state index contributed by atoms with van der Waals surface area (Å²) in [5.74, 6) is -0.402.